The predicted molar refractivity (Wildman–Crippen MR) is 75.8 cm³/mol. The lowest BCUT2D eigenvalue weighted by atomic mass is 10.2. The molecule has 4 N–H and O–H groups in total. The standard InChI is InChI=1S/C12H19N5S/c13-17-11-6-10(14-9-2-1-5-18-7-9)15-12(16-11)8-3-4-8/h6,8-9H,1-5,7,13H2,(H2,14,15,16,17). The van der Waals surface area contributed by atoms with Crippen LogP contribution in [0.3, 0.4) is 0 Å². The molecule has 1 atom stereocenters. The Kier molecular flexibility index (Phi) is 3.56. The minimum absolute atomic E-state index is 0.524. The van der Waals surface area contributed by atoms with Gasteiger partial charge in [-0.2, -0.15) is 11.8 Å². The van der Waals surface area contributed by atoms with Crippen molar-refractivity contribution in [2.45, 2.75) is 37.6 Å². The van der Waals surface area contributed by atoms with Gasteiger partial charge in [0.25, 0.3) is 0 Å². The molecule has 0 bridgehead atoms. The number of aromatic nitrogens is 2. The molecule has 5 nitrogen and oxygen atoms in total. The summed E-state index contributed by atoms with van der Waals surface area (Å²) in [5, 5.41) is 3.51. The van der Waals surface area contributed by atoms with Crippen LogP contribution in [0.25, 0.3) is 0 Å². The molecule has 1 aromatic heterocycles. The van der Waals surface area contributed by atoms with Crippen molar-refractivity contribution in [3.63, 3.8) is 0 Å². The Morgan fingerprint density at radius 2 is 2.06 bits per heavy atom. The molecule has 0 aromatic carbocycles. The largest absolute Gasteiger partial charge is 0.366 e. The van der Waals surface area contributed by atoms with Crippen LogP contribution in [0.5, 0.6) is 0 Å². The van der Waals surface area contributed by atoms with Crippen molar-refractivity contribution in [1.82, 2.24) is 9.97 Å². The second kappa shape index (κ2) is 5.32. The third-order valence-electron chi connectivity index (χ3n) is 3.35. The minimum atomic E-state index is 0.524. The van der Waals surface area contributed by atoms with Crippen molar-refractivity contribution in [2.75, 3.05) is 22.2 Å². The van der Waals surface area contributed by atoms with E-state index in [2.05, 4.69) is 20.7 Å². The number of nitrogen functional groups attached to an aromatic ring is 1. The summed E-state index contributed by atoms with van der Waals surface area (Å²) >= 11 is 2.01. The molecule has 1 aliphatic heterocycles. The average molecular weight is 265 g/mol. The second-order valence-electron chi connectivity index (χ2n) is 4.97. The third-order valence-corrected chi connectivity index (χ3v) is 4.56. The van der Waals surface area contributed by atoms with Crippen molar-refractivity contribution in [2.24, 2.45) is 5.84 Å². The number of nitrogens with zero attached hydrogens (tertiary/aromatic N) is 2. The molecule has 1 aromatic rings. The molecule has 98 valence electrons. The Balaban J connectivity index is 1.74. The first-order valence-electron chi connectivity index (χ1n) is 6.55. The summed E-state index contributed by atoms with van der Waals surface area (Å²) < 4.78 is 0. The number of rotatable bonds is 4. The van der Waals surface area contributed by atoms with Crippen LogP contribution in [0.4, 0.5) is 11.6 Å². The van der Waals surface area contributed by atoms with E-state index in [1.165, 1.54) is 31.4 Å². The quantitative estimate of drug-likeness (QED) is 0.570. The maximum absolute atomic E-state index is 5.47. The molecule has 0 radical (unpaired) electrons. The molecule has 1 unspecified atom stereocenters. The zero-order chi connectivity index (χ0) is 12.4. The van der Waals surface area contributed by atoms with Crippen LogP contribution in [-0.2, 0) is 0 Å². The van der Waals surface area contributed by atoms with E-state index < -0.39 is 0 Å². The normalized spacial score (nSPS) is 23.7. The number of hydrogen-bond donors (Lipinski definition) is 3. The van der Waals surface area contributed by atoms with Crippen LogP contribution in [0.15, 0.2) is 6.07 Å². The van der Waals surface area contributed by atoms with Crippen molar-refractivity contribution < 1.29 is 0 Å². The fourth-order valence-corrected chi connectivity index (χ4v) is 3.27. The molecular weight excluding hydrogens is 246 g/mol. The van der Waals surface area contributed by atoms with Gasteiger partial charge < -0.3 is 10.7 Å². The van der Waals surface area contributed by atoms with Gasteiger partial charge in [-0.1, -0.05) is 0 Å². The third kappa shape index (κ3) is 2.87. The van der Waals surface area contributed by atoms with E-state index in [0.29, 0.717) is 17.8 Å². The lowest BCUT2D eigenvalue weighted by Gasteiger charge is -2.23. The SMILES string of the molecule is NNc1cc(NC2CCCSC2)nc(C2CC2)n1. The Hall–Kier alpha value is -1.01. The first-order chi connectivity index (χ1) is 8.85. The zero-order valence-corrected chi connectivity index (χ0v) is 11.2. The van der Waals surface area contributed by atoms with Gasteiger partial charge in [-0.3, -0.25) is 0 Å². The van der Waals surface area contributed by atoms with E-state index in [1.807, 2.05) is 17.8 Å². The number of nitrogens with one attached hydrogen (secondary N) is 2. The highest BCUT2D eigenvalue weighted by molar-refractivity contribution is 7.99. The van der Waals surface area contributed by atoms with Gasteiger partial charge in [-0.25, -0.2) is 15.8 Å². The summed E-state index contributed by atoms with van der Waals surface area (Å²) in [5.74, 6) is 11.0. The first kappa shape index (κ1) is 12.0. The number of hydrazine groups is 1. The summed E-state index contributed by atoms with van der Waals surface area (Å²) in [6, 6.07) is 2.42. The maximum atomic E-state index is 5.47. The summed E-state index contributed by atoms with van der Waals surface area (Å²) in [4.78, 5) is 9.02. The van der Waals surface area contributed by atoms with Gasteiger partial charge >= 0.3 is 0 Å². The van der Waals surface area contributed by atoms with E-state index >= 15 is 0 Å². The summed E-state index contributed by atoms with van der Waals surface area (Å²) in [5.41, 5.74) is 2.63. The zero-order valence-electron chi connectivity index (χ0n) is 10.4. The Labute approximate surface area is 111 Å². The molecule has 2 fully saturated rings. The van der Waals surface area contributed by atoms with Gasteiger partial charge in [0.2, 0.25) is 0 Å². The summed E-state index contributed by atoms with van der Waals surface area (Å²) in [7, 11) is 0. The van der Waals surface area contributed by atoms with Crippen LogP contribution in [0.2, 0.25) is 0 Å². The number of thioether (sulfide) groups is 1. The maximum Gasteiger partial charge on any atom is 0.145 e. The van der Waals surface area contributed by atoms with Gasteiger partial charge in [0.15, 0.2) is 0 Å². The van der Waals surface area contributed by atoms with E-state index in [4.69, 9.17) is 5.84 Å². The van der Waals surface area contributed by atoms with E-state index in [0.717, 1.165) is 17.4 Å². The highest BCUT2D eigenvalue weighted by Gasteiger charge is 2.27. The second-order valence-corrected chi connectivity index (χ2v) is 6.12. The molecule has 1 aliphatic carbocycles. The highest BCUT2D eigenvalue weighted by atomic mass is 32.2. The molecular formula is C12H19N5S. The smallest absolute Gasteiger partial charge is 0.145 e. The predicted octanol–water partition coefficient (Wildman–Crippen LogP) is 1.95. The first-order valence-corrected chi connectivity index (χ1v) is 7.70. The molecule has 3 rings (SSSR count). The molecule has 2 aliphatic rings. The molecule has 6 heteroatoms. The van der Waals surface area contributed by atoms with Crippen LogP contribution in [0.1, 0.15) is 37.4 Å². The lowest BCUT2D eigenvalue weighted by Crippen LogP contribution is -2.26. The Morgan fingerprint density at radius 3 is 2.72 bits per heavy atom. The van der Waals surface area contributed by atoms with Crippen molar-refractivity contribution in [3.8, 4) is 0 Å². The van der Waals surface area contributed by atoms with Crippen LogP contribution in [-0.4, -0.2) is 27.5 Å². The van der Waals surface area contributed by atoms with Crippen molar-refractivity contribution in [3.05, 3.63) is 11.9 Å². The van der Waals surface area contributed by atoms with Gasteiger partial charge in [0, 0.05) is 23.8 Å². The number of nitrogens with two attached hydrogens (primary N) is 1. The van der Waals surface area contributed by atoms with Crippen molar-refractivity contribution >= 4 is 23.4 Å². The van der Waals surface area contributed by atoms with Crippen LogP contribution in [0, 0.1) is 0 Å². The molecule has 0 amide bonds. The fraction of sp³-hybridized carbons (Fsp3) is 0.667. The van der Waals surface area contributed by atoms with Gasteiger partial charge in [-0.15, -0.1) is 0 Å². The van der Waals surface area contributed by atoms with E-state index in [1.54, 1.807) is 0 Å². The van der Waals surface area contributed by atoms with Crippen molar-refractivity contribution in [1.29, 1.82) is 0 Å². The minimum Gasteiger partial charge on any atom is -0.366 e. The topological polar surface area (TPSA) is 75.9 Å². The van der Waals surface area contributed by atoms with E-state index in [-0.39, 0.29) is 0 Å². The molecule has 1 saturated heterocycles. The fourth-order valence-electron chi connectivity index (χ4n) is 2.20. The average Bonchev–Trinajstić information content (AvgIpc) is 3.24. The lowest BCUT2D eigenvalue weighted by molar-refractivity contribution is 0.681. The van der Waals surface area contributed by atoms with E-state index in [9.17, 15) is 0 Å². The Morgan fingerprint density at radius 1 is 1.22 bits per heavy atom. The van der Waals surface area contributed by atoms with Crippen LogP contribution >= 0.6 is 11.8 Å². The van der Waals surface area contributed by atoms with Gasteiger partial charge in [0.1, 0.15) is 17.5 Å². The summed E-state index contributed by atoms with van der Waals surface area (Å²) in [6.07, 6.45) is 4.91. The van der Waals surface area contributed by atoms with Gasteiger partial charge in [-0.05, 0) is 31.4 Å². The monoisotopic (exact) mass is 265 g/mol. The van der Waals surface area contributed by atoms with Gasteiger partial charge in [0.05, 0.1) is 0 Å². The molecule has 2 heterocycles. The number of hydrogen-bond acceptors (Lipinski definition) is 6. The Bertz CT molecular complexity index is 415. The molecule has 1 saturated carbocycles. The summed E-state index contributed by atoms with van der Waals surface area (Å²) in [6.45, 7) is 0. The molecule has 0 spiro atoms. The van der Waals surface area contributed by atoms with Crippen LogP contribution < -0.4 is 16.6 Å². The molecule has 18 heavy (non-hydrogen) atoms. The number of anilines is 2. The highest BCUT2D eigenvalue weighted by Crippen LogP contribution is 2.38.